The summed E-state index contributed by atoms with van der Waals surface area (Å²) in [5.74, 6) is 0.904. The van der Waals surface area contributed by atoms with Gasteiger partial charge in [-0.05, 0) is 55.9 Å². The van der Waals surface area contributed by atoms with Crippen molar-refractivity contribution in [2.45, 2.75) is 18.9 Å². The fourth-order valence-electron chi connectivity index (χ4n) is 3.17. The summed E-state index contributed by atoms with van der Waals surface area (Å²) in [4.78, 5) is 4.69. The molecule has 2 aromatic carbocycles. The predicted octanol–water partition coefficient (Wildman–Crippen LogP) is 3.76. The molecule has 3 heteroatoms. The van der Waals surface area contributed by atoms with Crippen LogP contribution in [0.15, 0.2) is 54.7 Å². The Bertz CT molecular complexity index is 674. The molecule has 0 bridgehead atoms. The third-order valence-corrected chi connectivity index (χ3v) is 4.86. The van der Waals surface area contributed by atoms with Crippen LogP contribution in [0.25, 0.3) is 10.8 Å². The lowest BCUT2D eigenvalue weighted by Crippen LogP contribution is -2.42. The van der Waals surface area contributed by atoms with Gasteiger partial charge in [-0.15, -0.1) is 0 Å². The minimum Gasteiger partial charge on any atom is -0.487 e. The number of hydrogen-bond donors (Lipinski definition) is 0. The van der Waals surface area contributed by atoms with Crippen molar-refractivity contribution < 1.29 is 4.74 Å². The maximum absolute atomic E-state index is 5.96. The Morgan fingerprint density at radius 3 is 2.61 bits per heavy atom. The number of likely N-dealkylation sites (N-methyl/N-ethyl adjacent to an activating group) is 1. The molecule has 0 N–H and O–H groups in total. The number of benzene rings is 2. The lowest BCUT2D eigenvalue weighted by atomic mass is 10.0. The van der Waals surface area contributed by atoms with E-state index in [4.69, 9.17) is 4.74 Å². The van der Waals surface area contributed by atoms with E-state index in [0.717, 1.165) is 24.5 Å². The van der Waals surface area contributed by atoms with Crippen LogP contribution in [-0.2, 0) is 0 Å². The van der Waals surface area contributed by atoms with E-state index in [1.807, 2.05) is 6.07 Å². The van der Waals surface area contributed by atoms with Crippen molar-refractivity contribution in [1.82, 2.24) is 9.80 Å². The van der Waals surface area contributed by atoms with E-state index in [1.165, 1.54) is 23.6 Å². The van der Waals surface area contributed by atoms with Gasteiger partial charge in [0.05, 0.1) is 0 Å². The molecule has 1 aliphatic rings. The molecule has 0 saturated carbocycles. The third-order valence-electron chi connectivity index (χ3n) is 4.86. The third kappa shape index (κ3) is 3.85. The number of likely N-dealkylation sites (tertiary alicyclic amines) is 1. The van der Waals surface area contributed by atoms with Crippen LogP contribution in [0.4, 0.5) is 0 Å². The van der Waals surface area contributed by atoms with Gasteiger partial charge in [-0.3, -0.25) is 0 Å². The molecule has 0 unspecified atom stereocenters. The molecule has 1 heterocycles. The quantitative estimate of drug-likeness (QED) is 0.836. The molecule has 3 rings (SSSR count). The maximum atomic E-state index is 5.96. The first-order valence-electron chi connectivity index (χ1n) is 8.34. The number of rotatable bonds is 5. The minimum atomic E-state index is 0.543. The Morgan fingerprint density at radius 1 is 1.17 bits per heavy atom. The van der Waals surface area contributed by atoms with Crippen LogP contribution in [0.2, 0.25) is 0 Å². The zero-order valence-electron chi connectivity index (χ0n) is 14.2. The van der Waals surface area contributed by atoms with Gasteiger partial charge in [-0.25, -0.2) is 0 Å². The van der Waals surface area contributed by atoms with E-state index in [-0.39, 0.29) is 0 Å². The zero-order valence-corrected chi connectivity index (χ0v) is 14.2. The van der Waals surface area contributed by atoms with E-state index in [0.29, 0.717) is 12.6 Å². The fraction of sp³-hybridized carbons (Fsp3) is 0.400. The summed E-state index contributed by atoms with van der Waals surface area (Å²) in [5, 5.41) is 2.45. The monoisotopic (exact) mass is 310 g/mol. The molecule has 1 aliphatic heterocycles. The smallest absolute Gasteiger partial charge is 0.127 e. The van der Waals surface area contributed by atoms with Gasteiger partial charge in [0.1, 0.15) is 12.4 Å². The summed E-state index contributed by atoms with van der Waals surface area (Å²) >= 11 is 0. The first-order valence-corrected chi connectivity index (χ1v) is 8.34. The van der Waals surface area contributed by atoms with Gasteiger partial charge in [-0.1, -0.05) is 36.9 Å². The molecule has 0 atom stereocenters. The highest BCUT2D eigenvalue weighted by molar-refractivity contribution is 5.83. The molecule has 0 spiro atoms. The van der Waals surface area contributed by atoms with Gasteiger partial charge in [-0.2, -0.15) is 0 Å². The average Bonchev–Trinajstić information content (AvgIpc) is 2.59. The van der Waals surface area contributed by atoms with E-state index in [1.54, 1.807) is 0 Å². The molecule has 122 valence electrons. The van der Waals surface area contributed by atoms with Crippen LogP contribution in [0, 0.1) is 0 Å². The molecule has 3 nitrogen and oxygen atoms in total. The van der Waals surface area contributed by atoms with Gasteiger partial charge < -0.3 is 14.5 Å². The normalized spacial score (nSPS) is 16.4. The Hall–Kier alpha value is -2.00. The van der Waals surface area contributed by atoms with E-state index in [9.17, 15) is 0 Å². The van der Waals surface area contributed by atoms with Crippen molar-refractivity contribution in [3.05, 3.63) is 54.7 Å². The van der Waals surface area contributed by atoms with Gasteiger partial charge >= 0.3 is 0 Å². The summed E-state index contributed by atoms with van der Waals surface area (Å²) in [6, 6.07) is 15.2. The highest BCUT2D eigenvalue weighted by Crippen LogP contribution is 2.22. The van der Waals surface area contributed by atoms with Gasteiger partial charge in [0.25, 0.3) is 0 Å². The molecule has 0 radical (unpaired) electrons. The number of nitrogens with zero attached hydrogens (tertiary/aromatic N) is 2. The summed E-state index contributed by atoms with van der Waals surface area (Å²) in [7, 11) is 4.33. The van der Waals surface area contributed by atoms with Crippen molar-refractivity contribution >= 4 is 10.8 Å². The second-order valence-corrected chi connectivity index (χ2v) is 6.51. The van der Waals surface area contributed by atoms with Crippen molar-refractivity contribution in [2.24, 2.45) is 0 Å². The standard InChI is InChI=1S/C20H26N2O/c1-16(22(3)19-10-12-21(2)13-11-19)15-23-20-9-8-17-6-4-5-7-18(17)14-20/h4-9,14,19H,1,10-13,15H2,2-3H3. The van der Waals surface area contributed by atoms with Crippen molar-refractivity contribution in [3.63, 3.8) is 0 Å². The van der Waals surface area contributed by atoms with Crippen LogP contribution < -0.4 is 4.74 Å². The average molecular weight is 310 g/mol. The highest BCUT2D eigenvalue weighted by atomic mass is 16.5. The van der Waals surface area contributed by atoms with Crippen LogP contribution in [0.5, 0.6) is 5.75 Å². The van der Waals surface area contributed by atoms with Crippen molar-refractivity contribution in [3.8, 4) is 5.75 Å². The Labute approximate surface area is 139 Å². The lowest BCUT2D eigenvalue weighted by Gasteiger charge is -2.37. The number of fused-ring (bicyclic) bond motifs is 1. The second kappa shape index (κ2) is 7.05. The van der Waals surface area contributed by atoms with E-state index in [2.05, 4.69) is 66.9 Å². The second-order valence-electron chi connectivity index (χ2n) is 6.51. The molecule has 1 fully saturated rings. The fourth-order valence-corrected chi connectivity index (χ4v) is 3.17. The molecular formula is C20H26N2O. The molecule has 23 heavy (non-hydrogen) atoms. The summed E-state index contributed by atoms with van der Waals surface area (Å²) < 4.78 is 5.96. The van der Waals surface area contributed by atoms with Crippen LogP contribution in [0.3, 0.4) is 0 Å². The van der Waals surface area contributed by atoms with E-state index >= 15 is 0 Å². The first-order chi connectivity index (χ1) is 11.1. The topological polar surface area (TPSA) is 15.7 Å². The molecular weight excluding hydrogens is 284 g/mol. The van der Waals surface area contributed by atoms with Gasteiger partial charge in [0, 0.05) is 18.8 Å². The molecule has 1 saturated heterocycles. The number of piperidine rings is 1. The summed E-state index contributed by atoms with van der Waals surface area (Å²) in [5.41, 5.74) is 1.05. The molecule has 0 aliphatic carbocycles. The molecule has 0 aromatic heterocycles. The Kier molecular flexibility index (Phi) is 4.87. The summed E-state index contributed by atoms with van der Waals surface area (Å²) in [6.07, 6.45) is 2.39. The highest BCUT2D eigenvalue weighted by Gasteiger charge is 2.21. The van der Waals surface area contributed by atoms with Gasteiger partial charge in [0.2, 0.25) is 0 Å². The zero-order chi connectivity index (χ0) is 16.2. The van der Waals surface area contributed by atoms with Gasteiger partial charge in [0.15, 0.2) is 0 Å². The Balaban J connectivity index is 1.57. The van der Waals surface area contributed by atoms with Crippen molar-refractivity contribution in [2.75, 3.05) is 33.8 Å². The molecule has 0 amide bonds. The number of ether oxygens (including phenoxy) is 1. The summed E-state index contributed by atoms with van der Waals surface area (Å²) in [6.45, 7) is 7.08. The minimum absolute atomic E-state index is 0.543. The largest absolute Gasteiger partial charge is 0.487 e. The SMILES string of the molecule is C=C(COc1ccc2ccccc2c1)N(C)C1CCN(C)CC1. The molecule has 2 aromatic rings. The van der Waals surface area contributed by atoms with E-state index < -0.39 is 0 Å². The Morgan fingerprint density at radius 2 is 1.87 bits per heavy atom. The van der Waals surface area contributed by atoms with Crippen LogP contribution in [-0.4, -0.2) is 49.6 Å². The van der Waals surface area contributed by atoms with Crippen molar-refractivity contribution in [1.29, 1.82) is 0 Å². The van der Waals surface area contributed by atoms with Crippen LogP contribution >= 0.6 is 0 Å². The predicted molar refractivity (Wildman–Crippen MR) is 96.9 cm³/mol. The maximum Gasteiger partial charge on any atom is 0.127 e. The number of hydrogen-bond acceptors (Lipinski definition) is 3. The van der Waals surface area contributed by atoms with Crippen LogP contribution in [0.1, 0.15) is 12.8 Å². The lowest BCUT2D eigenvalue weighted by molar-refractivity contribution is 0.158. The first kappa shape index (κ1) is 15.9.